The van der Waals surface area contributed by atoms with Crippen molar-refractivity contribution in [1.82, 2.24) is 0 Å². The highest BCUT2D eigenvalue weighted by Gasteiger charge is 2.35. The highest BCUT2D eigenvalue weighted by atomic mass is 16.5. The Balaban J connectivity index is 2.49. The van der Waals surface area contributed by atoms with Crippen molar-refractivity contribution in [1.29, 1.82) is 0 Å². The highest BCUT2D eigenvalue weighted by Crippen LogP contribution is 2.28. The summed E-state index contributed by atoms with van der Waals surface area (Å²) < 4.78 is 21.4. The van der Waals surface area contributed by atoms with Crippen molar-refractivity contribution in [3.8, 4) is 23.0 Å². The molecule has 0 aliphatic rings. The number of aliphatic hydroxyl groups is 6. The Morgan fingerprint density at radius 2 is 1.30 bits per heavy atom. The van der Waals surface area contributed by atoms with E-state index in [1.165, 1.54) is 14.2 Å². The first-order valence-corrected chi connectivity index (χ1v) is 11.6. The van der Waals surface area contributed by atoms with Crippen LogP contribution in [0.5, 0.6) is 23.0 Å². The molecule has 2 rings (SSSR count). The average molecular weight is 521 g/mol. The summed E-state index contributed by atoms with van der Waals surface area (Å²) in [6, 6.07) is 10.4. The van der Waals surface area contributed by atoms with E-state index in [1.54, 1.807) is 56.7 Å². The molecule has 0 heterocycles. The monoisotopic (exact) mass is 520 g/mol. The van der Waals surface area contributed by atoms with Gasteiger partial charge in [0.25, 0.3) is 0 Å². The fraction of sp³-hybridized carbons (Fsp3) is 0.444. The van der Waals surface area contributed by atoms with Crippen molar-refractivity contribution < 1.29 is 49.6 Å². The molecule has 0 saturated carbocycles. The normalized spacial score (nSPS) is 15.0. The van der Waals surface area contributed by atoms with Crippen LogP contribution in [0.15, 0.2) is 53.8 Å². The van der Waals surface area contributed by atoms with Gasteiger partial charge in [0.1, 0.15) is 53.5 Å². The second-order valence-corrected chi connectivity index (χ2v) is 8.28. The minimum Gasteiger partial charge on any atom is -0.497 e. The van der Waals surface area contributed by atoms with Crippen molar-refractivity contribution in [3.63, 3.8) is 0 Å². The van der Waals surface area contributed by atoms with Crippen LogP contribution < -0.4 is 18.9 Å². The van der Waals surface area contributed by atoms with E-state index in [0.29, 0.717) is 35.0 Å². The first-order chi connectivity index (χ1) is 17.7. The predicted octanol–water partition coefficient (Wildman–Crippen LogP) is 0.384. The third-order valence-corrected chi connectivity index (χ3v) is 5.93. The smallest absolute Gasteiger partial charge is 0.122 e. The standard InChI is InChI=1S/C27H36O10/c1-34-19-8-10-22(36-3)16(13-19)6-5-7-17(12-18-14-20(35-2)9-11-23(18)37-4)24(30)26(32)27(33)25(31)21(29)15-28/h5,8-11,13-14,21,24-33H,6,12,15H2,1-4H3/t7?,21-,24?,25+,26+,27-/m0/s1. The molecule has 10 nitrogen and oxygen atoms in total. The van der Waals surface area contributed by atoms with Crippen LogP contribution in [0.3, 0.4) is 0 Å². The van der Waals surface area contributed by atoms with E-state index < -0.39 is 37.1 Å². The molecule has 0 aliphatic heterocycles. The zero-order valence-electron chi connectivity index (χ0n) is 21.4. The average Bonchev–Trinajstić information content (AvgIpc) is 2.94. The zero-order valence-corrected chi connectivity index (χ0v) is 21.4. The maximum atomic E-state index is 11.0. The molecular weight excluding hydrogens is 484 g/mol. The highest BCUT2D eigenvalue weighted by molar-refractivity contribution is 5.44. The van der Waals surface area contributed by atoms with Crippen LogP contribution in [-0.4, -0.2) is 96.2 Å². The van der Waals surface area contributed by atoms with Crippen molar-refractivity contribution in [3.05, 3.63) is 64.9 Å². The molecule has 0 fully saturated rings. The Bertz CT molecular complexity index is 1060. The molecule has 5 atom stereocenters. The minimum atomic E-state index is -1.96. The lowest BCUT2D eigenvalue weighted by Gasteiger charge is -2.29. The van der Waals surface area contributed by atoms with E-state index in [9.17, 15) is 25.5 Å². The van der Waals surface area contributed by atoms with Gasteiger partial charge in [-0.2, -0.15) is 0 Å². The summed E-state index contributed by atoms with van der Waals surface area (Å²) in [5.41, 5.74) is 4.54. The molecule has 0 aromatic heterocycles. The fourth-order valence-corrected chi connectivity index (χ4v) is 3.73. The van der Waals surface area contributed by atoms with Crippen molar-refractivity contribution >= 4 is 0 Å². The van der Waals surface area contributed by atoms with Gasteiger partial charge in [-0.1, -0.05) is 0 Å². The Labute approximate surface area is 216 Å². The van der Waals surface area contributed by atoms with Gasteiger partial charge in [0, 0.05) is 29.5 Å². The van der Waals surface area contributed by atoms with Gasteiger partial charge < -0.3 is 49.6 Å². The van der Waals surface area contributed by atoms with Crippen LogP contribution in [-0.2, 0) is 12.8 Å². The van der Waals surface area contributed by atoms with E-state index in [4.69, 9.17) is 24.1 Å². The summed E-state index contributed by atoms with van der Waals surface area (Å²) in [5, 5.41) is 60.7. The summed E-state index contributed by atoms with van der Waals surface area (Å²) in [7, 11) is 6.08. The maximum Gasteiger partial charge on any atom is 0.122 e. The third-order valence-electron chi connectivity index (χ3n) is 5.93. The molecule has 10 heteroatoms. The van der Waals surface area contributed by atoms with E-state index in [-0.39, 0.29) is 12.0 Å². The number of methoxy groups -OCH3 is 4. The number of benzene rings is 2. The molecule has 0 bridgehead atoms. The number of ether oxygens (including phenoxy) is 4. The quantitative estimate of drug-likeness (QED) is 0.192. The van der Waals surface area contributed by atoms with Crippen LogP contribution in [0.25, 0.3) is 0 Å². The largest absolute Gasteiger partial charge is 0.497 e. The second-order valence-electron chi connectivity index (χ2n) is 8.28. The molecule has 0 aliphatic carbocycles. The Kier molecular flexibility index (Phi) is 11.9. The second kappa shape index (κ2) is 14.6. The topological polar surface area (TPSA) is 158 Å². The summed E-state index contributed by atoms with van der Waals surface area (Å²) in [5.74, 6) is 2.28. The Morgan fingerprint density at radius 1 is 0.757 bits per heavy atom. The lowest BCUT2D eigenvalue weighted by atomic mass is 9.91. The van der Waals surface area contributed by atoms with Crippen LogP contribution >= 0.6 is 0 Å². The maximum absolute atomic E-state index is 11.0. The molecule has 0 spiro atoms. The van der Waals surface area contributed by atoms with Crippen LogP contribution in [0, 0.1) is 0 Å². The van der Waals surface area contributed by atoms with Gasteiger partial charge in [0.15, 0.2) is 0 Å². The van der Waals surface area contributed by atoms with E-state index >= 15 is 0 Å². The van der Waals surface area contributed by atoms with Crippen LogP contribution in [0.1, 0.15) is 11.1 Å². The van der Waals surface area contributed by atoms with Gasteiger partial charge in [-0.15, -0.1) is 5.73 Å². The van der Waals surface area contributed by atoms with Crippen LogP contribution in [0.4, 0.5) is 0 Å². The van der Waals surface area contributed by atoms with Gasteiger partial charge in [-0.3, -0.25) is 0 Å². The summed E-state index contributed by atoms with van der Waals surface area (Å²) in [6.45, 7) is -0.840. The van der Waals surface area contributed by atoms with E-state index in [0.717, 1.165) is 5.56 Å². The molecule has 0 amide bonds. The molecule has 0 saturated heterocycles. The molecule has 37 heavy (non-hydrogen) atoms. The molecule has 1 unspecified atom stereocenters. The number of rotatable bonds is 14. The van der Waals surface area contributed by atoms with Crippen molar-refractivity contribution in [2.24, 2.45) is 0 Å². The summed E-state index contributed by atoms with van der Waals surface area (Å²) in [6.07, 6.45) is -7.18. The third kappa shape index (κ3) is 7.95. The van der Waals surface area contributed by atoms with Gasteiger partial charge in [0.2, 0.25) is 0 Å². The van der Waals surface area contributed by atoms with Gasteiger partial charge >= 0.3 is 0 Å². The van der Waals surface area contributed by atoms with Crippen molar-refractivity contribution in [2.75, 3.05) is 35.0 Å². The SMILES string of the molecule is COc1ccc(OC)c(CC=C=C(Cc2cc(OC)ccc2OC)C(O)[C@@H](O)[C@@H](O)[C@H](O)[C@@H](O)CO)c1. The van der Waals surface area contributed by atoms with Gasteiger partial charge in [0.05, 0.1) is 35.0 Å². The molecule has 0 radical (unpaired) electrons. The van der Waals surface area contributed by atoms with Crippen LogP contribution in [0.2, 0.25) is 0 Å². The fourth-order valence-electron chi connectivity index (χ4n) is 3.73. The number of aliphatic hydroxyl groups excluding tert-OH is 6. The number of hydrogen-bond donors (Lipinski definition) is 6. The molecule has 2 aromatic carbocycles. The first-order valence-electron chi connectivity index (χ1n) is 11.6. The van der Waals surface area contributed by atoms with Crippen molar-refractivity contribution in [2.45, 2.75) is 43.4 Å². The van der Waals surface area contributed by atoms with Gasteiger partial charge in [-0.25, -0.2) is 0 Å². The number of hydrogen-bond acceptors (Lipinski definition) is 10. The van der Waals surface area contributed by atoms with E-state index in [2.05, 4.69) is 5.73 Å². The minimum absolute atomic E-state index is 0.0374. The summed E-state index contributed by atoms with van der Waals surface area (Å²) in [4.78, 5) is 0. The lowest BCUT2D eigenvalue weighted by Crippen LogP contribution is -2.50. The zero-order chi connectivity index (χ0) is 27.5. The first kappa shape index (κ1) is 30.1. The Hall–Kier alpha value is -3.08. The summed E-state index contributed by atoms with van der Waals surface area (Å²) >= 11 is 0. The molecular formula is C27H36O10. The molecule has 204 valence electrons. The molecule has 6 N–H and O–H groups in total. The van der Waals surface area contributed by atoms with E-state index in [1.807, 2.05) is 0 Å². The van der Waals surface area contributed by atoms with Gasteiger partial charge in [-0.05, 0) is 42.5 Å². The Morgan fingerprint density at radius 3 is 1.81 bits per heavy atom. The lowest BCUT2D eigenvalue weighted by molar-refractivity contribution is -0.134. The predicted molar refractivity (Wildman–Crippen MR) is 135 cm³/mol. The molecule has 2 aromatic rings.